The van der Waals surface area contributed by atoms with Crippen LogP contribution in [-0.2, 0) is 4.79 Å². The molecule has 0 heterocycles. The Hall–Kier alpha value is -0.850. The predicted octanol–water partition coefficient (Wildman–Crippen LogP) is 3.66. The molecule has 1 saturated carbocycles. The van der Waals surface area contributed by atoms with Crippen molar-refractivity contribution in [3.05, 3.63) is 23.8 Å². The normalized spacial score (nSPS) is 35.7. The lowest BCUT2D eigenvalue weighted by Gasteiger charge is -2.46. The van der Waals surface area contributed by atoms with E-state index >= 15 is 0 Å². The van der Waals surface area contributed by atoms with Crippen molar-refractivity contribution in [1.82, 2.24) is 0 Å². The zero-order valence-corrected chi connectivity index (χ0v) is 9.81. The standard InChI is InChI=1S/C14H20O/c1-10(2)13-6-4-5-11-9-12(15)7-8-14(11,13)3/h9,13H,1,4-8H2,2-3H3. The summed E-state index contributed by atoms with van der Waals surface area (Å²) >= 11 is 0. The number of hydrogen-bond donors (Lipinski definition) is 0. The maximum absolute atomic E-state index is 11.4. The van der Waals surface area contributed by atoms with E-state index in [4.69, 9.17) is 0 Å². The summed E-state index contributed by atoms with van der Waals surface area (Å²) in [6.07, 6.45) is 7.24. The first-order valence-electron chi connectivity index (χ1n) is 5.93. The van der Waals surface area contributed by atoms with Gasteiger partial charge in [0.05, 0.1) is 0 Å². The number of ketones is 1. The van der Waals surface area contributed by atoms with Gasteiger partial charge >= 0.3 is 0 Å². The van der Waals surface area contributed by atoms with Crippen molar-refractivity contribution in [2.45, 2.75) is 46.0 Å². The maximum Gasteiger partial charge on any atom is 0.155 e. The van der Waals surface area contributed by atoms with Crippen LogP contribution in [0.1, 0.15) is 46.0 Å². The van der Waals surface area contributed by atoms with Crippen molar-refractivity contribution >= 4 is 5.78 Å². The Morgan fingerprint density at radius 1 is 1.53 bits per heavy atom. The molecule has 0 aromatic rings. The fourth-order valence-electron chi connectivity index (χ4n) is 3.34. The van der Waals surface area contributed by atoms with Gasteiger partial charge in [0.15, 0.2) is 5.78 Å². The molecule has 0 spiro atoms. The van der Waals surface area contributed by atoms with Crippen LogP contribution in [0.4, 0.5) is 0 Å². The zero-order chi connectivity index (χ0) is 11.1. The topological polar surface area (TPSA) is 17.1 Å². The minimum absolute atomic E-state index is 0.234. The van der Waals surface area contributed by atoms with Gasteiger partial charge in [0, 0.05) is 6.42 Å². The van der Waals surface area contributed by atoms with Gasteiger partial charge in [-0.25, -0.2) is 0 Å². The van der Waals surface area contributed by atoms with Crippen LogP contribution in [0.3, 0.4) is 0 Å². The van der Waals surface area contributed by atoms with Crippen LogP contribution in [0, 0.1) is 11.3 Å². The molecule has 0 aromatic carbocycles. The van der Waals surface area contributed by atoms with Crippen molar-refractivity contribution in [3.63, 3.8) is 0 Å². The lowest BCUT2D eigenvalue weighted by atomic mass is 9.58. The Kier molecular flexibility index (Phi) is 2.57. The van der Waals surface area contributed by atoms with E-state index in [0.717, 1.165) is 19.3 Å². The third kappa shape index (κ3) is 1.68. The summed E-state index contributed by atoms with van der Waals surface area (Å²) in [5.74, 6) is 0.912. The highest BCUT2D eigenvalue weighted by Crippen LogP contribution is 2.52. The zero-order valence-electron chi connectivity index (χ0n) is 9.81. The van der Waals surface area contributed by atoms with E-state index in [-0.39, 0.29) is 5.41 Å². The van der Waals surface area contributed by atoms with E-state index in [1.165, 1.54) is 24.0 Å². The second-order valence-corrected chi connectivity index (χ2v) is 5.34. The molecule has 0 radical (unpaired) electrons. The highest BCUT2D eigenvalue weighted by atomic mass is 16.1. The first kappa shape index (κ1) is 10.7. The summed E-state index contributed by atoms with van der Waals surface area (Å²) in [6, 6.07) is 0. The van der Waals surface area contributed by atoms with Crippen LogP contribution in [0.25, 0.3) is 0 Å². The lowest BCUT2D eigenvalue weighted by Crippen LogP contribution is -2.36. The molecule has 0 amide bonds. The molecular weight excluding hydrogens is 184 g/mol. The molecule has 82 valence electrons. The number of hydrogen-bond acceptors (Lipinski definition) is 1. The first-order chi connectivity index (χ1) is 7.04. The largest absolute Gasteiger partial charge is 0.295 e. The van der Waals surface area contributed by atoms with Crippen LogP contribution < -0.4 is 0 Å². The van der Waals surface area contributed by atoms with Crippen LogP contribution in [-0.4, -0.2) is 5.78 Å². The van der Waals surface area contributed by atoms with E-state index in [9.17, 15) is 4.79 Å². The molecule has 0 N–H and O–H groups in total. The lowest BCUT2D eigenvalue weighted by molar-refractivity contribution is -0.116. The van der Waals surface area contributed by atoms with Crippen molar-refractivity contribution < 1.29 is 4.79 Å². The Morgan fingerprint density at radius 2 is 2.27 bits per heavy atom. The Bertz CT molecular complexity index is 337. The van der Waals surface area contributed by atoms with Gasteiger partial charge in [0.2, 0.25) is 0 Å². The van der Waals surface area contributed by atoms with Gasteiger partial charge in [-0.15, -0.1) is 0 Å². The maximum atomic E-state index is 11.4. The molecule has 2 unspecified atom stereocenters. The van der Waals surface area contributed by atoms with E-state index in [1.54, 1.807) is 0 Å². The summed E-state index contributed by atoms with van der Waals surface area (Å²) in [5.41, 5.74) is 2.91. The summed E-state index contributed by atoms with van der Waals surface area (Å²) < 4.78 is 0. The van der Waals surface area contributed by atoms with Crippen LogP contribution in [0.5, 0.6) is 0 Å². The van der Waals surface area contributed by atoms with E-state index in [0.29, 0.717) is 11.7 Å². The summed E-state index contributed by atoms with van der Waals surface area (Å²) in [6.45, 7) is 8.58. The van der Waals surface area contributed by atoms with Gasteiger partial charge < -0.3 is 0 Å². The monoisotopic (exact) mass is 204 g/mol. The minimum Gasteiger partial charge on any atom is -0.295 e. The number of carbonyl (C=O) groups excluding carboxylic acids is 1. The van der Waals surface area contributed by atoms with Crippen molar-refractivity contribution in [2.24, 2.45) is 11.3 Å². The van der Waals surface area contributed by atoms with Gasteiger partial charge in [-0.3, -0.25) is 4.79 Å². The molecule has 2 atom stereocenters. The Morgan fingerprint density at radius 3 is 2.93 bits per heavy atom. The predicted molar refractivity (Wildman–Crippen MR) is 62.6 cm³/mol. The molecule has 2 aliphatic rings. The van der Waals surface area contributed by atoms with E-state index in [1.807, 2.05) is 6.08 Å². The van der Waals surface area contributed by atoms with Crippen molar-refractivity contribution in [2.75, 3.05) is 0 Å². The fraction of sp³-hybridized carbons (Fsp3) is 0.643. The minimum atomic E-state index is 0.234. The average molecular weight is 204 g/mol. The summed E-state index contributed by atoms with van der Waals surface area (Å²) in [5, 5.41) is 0. The number of allylic oxidation sites excluding steroid dienone is 3. The van der Waals surface area contributed by atoms with Gasteiger partial charge in [-0.2, -0.15) is 0 Å². The number of fused-ring (bicyclic) bond motifs is 1. The summed E-state index contributed by atoms with van der Waals surface area (Å²) in [7, 11) is 0. The smallest absolute Gasteiger partial charge is 0.155 e. The molecule has 15 heavy (non-hydrogen) atoms. The van der Waals surface area contributed by atoms with Gasteiger partial charge in [0.25, 0.3) is 0 Å². The van der Waals surface area contributed by atoms with Gasteiger partial charge in [-0.05, 0) is 50.0 Å². The molecule has 1 nitrogen and oxygen atoms in total. The molecule has 0 saturated heterocycles. The van der Waals surface area contributed by atoms with Crippen LogP contribution >= 0.6 is 0 Å². The third-order valence-electron chi connectivity index (χ3n) is 4.26. The van der Waals surface area contributed by atoms with Gasteiger partial charge in [0.1, 0.15) is 0 Å². The quantitative estimate of drug-likeness (QED) is 0.596. The van der Waals surface area contributed by atoms with Crippen LogP contribution in [0.2, 0.25) is 0 Å². The van der Waals surface area contributed by atoms with E-state index < -0.39 is 0 Å². The second-order valence-electron chi connectivity index (χ2n) is 5.34. The molecule has 2 rings (SSSR count). The average Bonchev–Trinajstić information content (AvgIpc) is 2.17. The molecule has 1 heteroatoms. The SMILES string of the molecule is C=C(C)C1CCCC2=CC(=O)CCC21C. The highest BCUT2D eigenvalue weighted by molar-refractivity contribution is 5.91. The van der Waals surface area contributed by atoms with E-state index in [2.05, 4.69) is 20.4 Å². The third-order valence-corrected chi connectivity index (χ3v) is 4.26. The first-order valence-corrected chi connectivity index (χ1v) is 5.93. The Balaban J connectivity index is 2.37. The Labute approximate surface area is 92.3 Å². The molecule has 2 aliphatic carbocycles. The van der Waals surface area contributed by atoms with Crippen LogP contribution in [0.15, 0.2) is 23.8 Å². The number of carbonyl (C=O) groups is 1. The molecular formula is C14H20O. The van der Waals surface area contributed by atoms with Crippen molar-refractivity contribution in [3.8, 4) is 0 Å². The number of rotatable bonds is 1. The summed E-state index contributed by atoms with van der Waals surface area (Å²) in [4.78, 5) is 11.4. The highest BCUT2D eigenvalue weighted by Gasteiger charge is 2.42. The fourth-order valence-corrected chi connectivity index (χ4v) is 3.34. The molecule has 1 fully saturated rings. The second kappa shape index (κ2) is 3.62. The molecule has 0 bridgehead atoms. The molecule has 0 aromatic heterocycles. The molecule has 0 aliphatic heterocycles. The van der Waals surface area contributed by atoms with Crippen molar-refractivity contribution in [1.29, 1.82) is 0 Å². The van der Waals surface area contributed by atoms with Gasteiger partial charge in [-0.1, -0.05) is 24.6 Å².